The van der Waals surface area contributed by atoms with Crippen LogP contribution in [0.3, 0.4) is 0 Å². The molecule has 0 aromatic heterocycles. The number of carbonyl (C=O) groups excluding carboxylic acids is 1. The average molecular weight is 519 g/mol. The molecule has 1 aliphatic heterocycles. The molecule has 0 bridgehead atoms. The Hall–Kier alpha value is -2.87. The van der Waals surface area contributed by atoms with Gasteiger partial charge in [0.25, 0.3) is 0 Å². The summed E-state index contributed by atoms with van der Waals surface area (Å²) in [5.41, 5.74) is 1.14. The molecule has 37 heavy (non-hydrogen) atoms. The van der Waals surface area contributed by atoms with Crippen molar-refractivity contribution in [3.05, 3.63) is 54.1 Å². The molecular weight excluding hydrogens is 474 g/mol. The third kappa shape index (κ3) is 8.88. The Morgan fingerprint density at radius 1 is 0.946 bits per heavy atom. The summed E-state index contributed by atoms with van der Waals surface area (Å²) in [5.74, 6) is -0.508. The first-order valence-corrected chi connectivity index (χ1v) is 13.8. The molecule has 6 nitrogen and oxygen atoms in total. The Balaban J connectivity index is 0.00000115. The minimum absolute atomic E-state index is 0.0219. The van der Waals surface area contributed by atoms with Gasteiger partial charge in [0, 0.05) is 44.3 Å². The number of amides is 2. The van der Waals surface area contributed by atoms with Gasteiger partial charge in [0.05, 0.1) is 18.0 Å². The van der Waals surface area contributed by atoms with Crippen LogP contribution in [0.25, 0.3) is 0 Å². The molecule has 2 aliphatic rings. The third-order valence-electron chi connectivity index (χ3n) is 6.55. The number of anilines is 2. The summed E-state index contributed by atoms with van der Waals surface area (Å²) in [6, 6.07) is 11.5. The van der Waals surface area contributed by atoms with Gasteiger partial charge >= 0.3 is 6.03 Å². The fraction of sp³-hybridized carbons (Fsp3) is 0.552. The van der Waals surface area contributed by atoms with Crippen LogP contribution in [0.2, 0.25) is 0 Å². The monoisotopic (exact) mass is 518 g/mol. The van der Waals surface area contributed by atoms with Gasteiger partial charge in [-0.15, -0.1) is 0 Å². The number of piperazine rings is 1. The van der Waals surface area contributed by atoms with Gasteiger partial charge in [0.1, 0.15) is 17.4 Å². The van der Waals surface area contributed by atoms with E-state index in [1.165, 1.54) is 6.07 Å². The largest absolute Gasteiger partial charge is 0.492 e. The van der Waals surface area contributed by atoms with Gasteiger partial charge in [-0.1, -0.05) is 39.8 Å². The molecule has 2 fully saturated rings. The van der Waals surface area contributed by atoms with Crippen molar-refractivity contribution < 1.29 is 18.3 Å². The molecule has 1 saturated carbocycles. The topological polar surface area (TPSA) is 56.8 Å². The summed E-state index contributed by atoms with van der Waals surface area (Å²) < 4.78 is 32.6. The summed E-state index contributed by atoms with van der Waals surface area (Å²) in [5, 5.41) is 5.40. The van der Waals surface area contributed by atoms with Crippen molar-refractivity contribution in [3.63, 3.8) is 0 Å². The molecule has 2 amide bonds. The number of nitrogens with zero attached hydrogens (tertiary/aromatic N) is 2. The Morgan fingerprint density at radius 2 is 1.59 bits per heavy atom. The summed E-state index contributed by atoms with van der Waals surface area (Å²) in [7, 11) is 0. The van der Waals surface area contributed by atoms with Crippen molar-refractivity contribution in [2.24, 2.45) is 0 Å². The second-order valence-electron chi connectivity index (χ2n) is 8.65. The van der Waals surface area contributed by atoms with Crippen LogP contribution < -0.4 is 20.3 Å². The minimum Gasteiger partial charge on any atom is -0.492 e. The van der Waals surface area contributed by atoms with Gasteiger partial charge in [-0.3, -0.25) is 4.90 Å². The normalized spacial score (nSPS) is 19.5. The first-order valence-electron chi connectivity index (χ1n) is 13.8. The standard InChI is InChI=1S/C25H32F2N4O2.2C2H6/c1-2-33-24-6-4-3-5-23(24)31-15-13-30(14-16-31)20-10-8-19(9-11-20)28-25(32)29-22-12-7-18(26)17-21(22)27;2*1-2/h3-7,12,17,19-20H,2,8-11,13-16H2,1H3,(H2,28,29,32);2*1-2H3. The van der Waals surface area contributed by atoms with E-state index in [-0.39, 0.29) is 11.7 Å². The lowest BCUT2D eigenvalue weighted by Crippen LogP contribution is -2.52. The molecule has 1 aliphatic carbocycles. The van der Waals surface area contributed by atoms with Crippen LogP contribution in [-0.2, 0) is 0 Å². The van der Waals surface area contributed by atoms with Crippen LogP contribution >= 0.6 is 0 Å². The first kappa shape index (κ1) is 30.4. The average Bonchev–Trinajstić information content (AvgIpc) is 2.94. The number of carbonyl (C=O) groups is 1. The molecule has 1 saturated heterocycles. The number of urea groups is 1. The van der Waals surface area contributed by atoms with Crippen molar-refractivity contribution in [2.75, 3.05) is 43.0 Å². The number of nitrogens with one attached hydrogen (secondary N) is 2. The number of hydrogen-bond donors (Lipinski definition) is 2. The Morgan fingerprint density at radius 3 is 2.22 bits per heavy atom. The van der Waals surface area contributed by atoms with Crippen LogP contribution in [0.4, 0.5) is 25.0 Å². The minimum atomic E-state index is -0.781. The predicted octanol–water partition coefficient (Wildman–Crippen LogP) is 6.67. The number of halogens is 2. The third-order valence-corrected chi connectivity index (χ3v) is 6.55. The van der Waals surface area contributed by atoms with Gasteiger partial charge in [-0.2, -0.15) is 0 Å². The number of ether oxygens (including phenoxy) is 1. The molecule has 2 aromatic rings. The van der Waals surface area contributed by atoms with E-state index >= 15 is 0 Å². The SMILES string of the molecule is CC.CC.CCOc1ccccc1N1CCN(C2CCC(NC(=O)Nc3ccc(F)cc3F)CC2)CC1. The van der Waals surface area contributed by atoms with E-state index in [1.807, 2.05) is 46.8 Å². The van der Waals surface area contributed by atoms with E-state index in [9.17, 15) is 13.6 Å². The van der Waals surface area contributed by atoms with Crippen molar-refractivity contribution in [2.45, 2.75) is 72.4 Å². The highest BCUT2D eigenvalue weighted by Crippen LogP contribution is 2.30. The second-order valence-corrected chi connectivity index (χ2v) is 8.65. The zero-order valence-corrected chi connectivity index (χ0v) is 23.0. The van der Waals surface area contributed by atoms with Gasteiger partial charge in [-0.05, 0) is 56.9 Å². The maximum absolute atomic E-state index is 13.7. The van der Waals surface area contributed by atoms with Gasteiger partial charge in [0.15, 0.2) is 0 Å². The van der Waals surface area contributed by atoms with Crippen LogP contribution in [-0.4, -0.2) is 55.8 Å². The highest BCUT2D eigenvalue weighted by atomic mass is 19.1. The lowest BCUT2D eigenvalue weighted by molar-refractivity contribution is 0.137. The van der Waals surface area contributed by atoms with Gasteiger partial charge in [-0.25, -0.2) is 13.6 Å². The maximum atomic E-state index is 13.7. The van der Waals surface area contributed by atoms with Crippen molar-refractivity contribution >= 4 is 17.4 Å². The zero-order valence-electron chi connectivity index (χ0n) is 23.0. The van der Waals surface area contributed by atoms with Gasteiger partial charge < -0.3 is 20.3 Å². The van der Waals surface area contributed by atoms with E-state index in [4.69, 9.17) is 4.74 Å². The van der Waals surface area contributed by atoms with Gasteiger partial charge in [0.2, 0.25) is 0 Å². The van der Waals surface area contributed by atoms with E-state index in [2.05, 4.69) is 32.6 Å². The van der Waals surface area contributed by atoms with Crippen LogP contribution in [0.15, 0.2) is 42.5 Å². The molecule has 2 aromatic carbocycles. The van der Waals surface area contributed by atoms with Crippen molar-refractivity contribution in [1.29, 1.82) is 0 Å². The Kier molecular flexibility index (Phi) is 13.2. The van der Waals surface area contributed by atoms with Crippen molar-refractivity contribution in [1.82, 2.24) is 10.2 Å². The van der Waals surface area contributed by atoms with Crippen LogP contribution in [0, 0.1) is 11.6 Å². The molecule has 1 heterocycles. The molecule has 4 rings (SSSR count). The Labute approximate surface area is 221 Å². The van der Waals surface area contributed by atoms with Crippen LogP contribution in [0.5, 0.6) is 5.75 Å². The molecular formula is C29H44F2N4O2. The number of benzene rings is 2. The lowest BCUT2D eigenvalue weighted by Gasteiger charge is -2.43. The molecule has 2 N–H and O–H groups in total. The summed E-state index contributed by atoms with van der Waals surface area (Å²) in [6.45, 7) is 14.6. The smallest absolute Gasteiger partial charge is 0.319 e. The predicted molar refractivity (Wildman–Crippen MR) is 149 cm³/mol. The fourth-order valence-electron chi connectivity index (χ4n) is 4.84. The summed E-state index contributed by atoms with van der Waals surface area (Å²) in [4.78, 5) is 17.2. The van der Waals surface area contributed by atoms with E-state index < -0.39 is 17.7 Å². The van der Waals surface area contributed by atoms with E-state index in [0.717, 1.165) is 75.4 Å². The lowest BCUT2D eigenvalue weighted by atomic mass is 9.90. The number of para-hydroxylation sites is 2. The quantitative estimate of drug-likeness (QED) is 0.448. The first-order chi connectivity index (χ1) is 18.0. The van der Waals surface area contributed by atoms with E-state index in [0.29, 0.717) is 12.6 Å². The summed E-state index contributed by atoms with van der Waals surface area (Å²) >= 11 is 0. The van der Waals surface area contributed by atoms with Crippen molar-refractivity contribution in [3.8, 4) is 5.75 Å². The number of rotatable bonds is 6. The fourth-order valence-corrected chi connectivity index (χ4v) is 4.84. The second kappa shape index (κ2) is 16.1. The highest BCUT2D eigenvalue weighted by molar-refractivity contribution is 5.89. The maximum Gasteiger partial charge on any atom is 0.319 e. The molecule has 0 spiro atoms. The molecule has 8 heteroatoms. The molecule has 206 valence electrons. The zero-order chi connectivity index (χ0) is 27.2. The number of hydrogen-bond acceptors (Lipinski definition) is 4. The van der Waals surface area contributed by atoms with Crippen LogP contribution in [0.1, 0.15) is 60.3 Å². The molecule has 0 radical (unpaired) electrons. The van der Waals surface area contributed by atoms with E-state index in [1.54, 1.807) is 0 Å². The molecule has 0 atom stereocenters. The Bertz CT molecular complexity index is 943. The molecule has 0 unspecified atom stereocenters. The highest BCUT2D eigenvalue weighted by Gasteiger charge is 2.29. The summed E-state index contributed by atoms with van der Waals surface area (Å²) in [6.07, 6.45) is 3.81.